The molecule has 1 aromatic rings. The van der Waals surface area contributed by atoms with Crippen LogP contribution >= 0.6 is 0 Å². The molecule has 2 aliphatic rings. The number of aryl methyl sites for hydroxylation is 1. The van der Waals surface area contributed by atoms with E-state index in [1.54, 1.807) is 0 Å². The van der Waals surface area contributed by atoms with E-state index in [4.69, 9.17) is 0 Å². The quantitative estimate of drug-likeness (QED) is 0.907. The number of nitrogens with one attached hydrogen (secondary N) is 1. The monoisotopic (exact) mass is 314 g/mol. The maximum atomic E-state index is 12.3. The molecule has 3 atom stereocenters. The number of hydrogen-bond donors (Lipinski definition) is 1. The third-order valence-corrected chi connectivity index (χ3v) is 5.25. The van der Waals surface area contributed by atoms with Gasteiger partial charge in [0.2, 0.25) is 11.8 Å². The number of hydrogen-bond acceptors (Lipinski definition) is 2. The summed E-state index contributed by atoms with van der Waals surface area (Å²) >= 11 is 0. The number of rotatable bonds is 5. The molecule has 2 amide bonds. The fourth-order valence-corrected chi connectivity index (χ4v) is 3.55. The maximum Gasteiger partial charge on any atom is 0.224 e. The Morgan fingerprint density at radius 1 is 1.30 bits per heavy atom. The second kappa shape index (κ2) is 6.73. The van der Waals surface area contributed by atoms with Crippen molar-refractivity contribution in [2.45, 2.75) is 39.0 Å². The maximum absolute atomic E-state index is 12.3. The highest BCUT2D eigenvalue weighted by molar-refractivity contribution is 5.82. The summed E-state index contributed by atoms with van der Waals surface area (Å²) in [6, 6.07) is 8.43. The Balaban J connectivity index is 1.44. The van der Waals surface area contributed by atoms with Gasteiger partial charge in [0.05, 0.1) is 0 Å². The largest absolute Gasteiger partial charge is 0.355 e. The summed E-state index contributed by atoms with van der Waals surface area (Å²) in [5.74, 6) is 1.42. The van der Waals surface area contributed by atoms with Crippen molar-refractivity contribution in [2.75, 3.05) is 19.6 Å². The van der Waals surface area contributed by atoms with Crippen LogP contribution in [0.15, 0.2) is 24.3 Å². The zero-order valence-electron chi connectivity index (χ0n) is 14.0. The summed E-state index contributed by atoms with van der Waals surface area (Å²) in [6.45, 7) is 6.31. The normalized spacial score (nSPS) is 26.2. The molecule has 4 heteroatoms. The fourth-order valence-electron chi connectivity index (χ4n) is 3.55. The van der Waals surface area contributed by atoms with Gasteiger partial charge in [0.25, 0.3) is 0 Å². The summed E-state index contributed by atoms with van der Waals surface area (Å²) in [5, 5.41) is 2.89. The van der Waals surface area contributed by atoms with E-state index in [0.29, 0.717) is 24.8 Å². The third kappa shape index (κ3) is 3.74. The second-order valence-corrected chi connectivity index (χ2v) is 7.04. The molecule has 124 valence electrons. The van der Waals surface area contributed by atoms with Crippen LogP contribution in [0.5, 0.6) is 0 Å². The Kier molecular flexibility index (Phi) is 4.69. The molecule has 0 spiro atoms. The average molecular weight is 314 g/mol. The van der Waals surface area contributed by atoms with Gasteiger partial charge in [-0.2, -0.15) is 0 Å². The number of carbonyl (C=O) groups excluding carboxylic acids is 2. The first-order valence-corrected chi connectivity index (χ1v) is 8.67. The lowest BCUT2D eigenvalue weighted by molar-refractivity contribution is -0.130. The lowest BCUT2D eigenvalue weighted by Crippen LogP contribution is -2.33. The van der Waals surface area contributed by atoms with E-state index in [1.807, 2.05) is 4.90 Å². The lowest BCUT2D eigenvalue weighted by atomic mass is 9.94. The molecule has 0 bridgehead atoms. The van der Waals surface area contributed by atoms with E-state index >= 15 is 0 Å². The first kappa shape index (κ1) is 16.0. The van der Waals surface area contributed by atoms with E-state index in [1.165, 1.54) is 11.1 Å². The van der Waals surface area contributed by atoms with Crippen molar-refractivity contribution < 1.29 is 9.59 Å². The average Bonchev–Trinajstić information content (AvgIpc) is 3.08. The topological polar surface area (TPSA) is 49.4 Å². The van der Waals surface area contributed by atoms with Crippen molar-refractivity contribution in [1.82, 2.24) is 10.2 Å². The van der Waals surface area contributed by atoms with Gasteiger partial charge in [-0.1, -0.05) is 31.2 Å². The molecule has 0 unspecified atom stereocenters. The molecule has 0 aromatic heterocycles. The number of nitrogens with zero attached hydrogens (tertiary/aromatic N) is 1. The second-order valence-electron chi connectivity index (χ2n) is 7.04. The molecule has 1 saturated carbocycles. The summed E-state index contributed by atoms with van der Waals surface area (Å²) < 4.78 is 0. The Morgan fingerprint density at radius 2 is 2.04 bits per heavy atom. The Labute approximate surface area is 138 Å². The van der Waals surface area contributed by atoms with Crippen molar-refractivity contribution in [3.8, 4) is 0 Å². The van der Waals surface area contributed by atoms with Crippen LogP contribution in [0.25, 0.3) is 0 Å². The van der Waals surface area contributed by atoms with Gasteiger partial charge in [0.1, 0.15) is 0 Å². The molecule has 1 N–H and O–H groups in total. The highest BCUT2D eigenvalue weighted by Gasteiger charge is 2.38. The van der Waals surface area contributed by atoms with Crippen molar-refractivity contribution >= 4 is 11.8 Å². The summed E-state index contributed by atoms with van der Waals surface area (Å²) in [7, 11) is 0. The predicted octanol–water partition coefficient (Wildman–Crippen LogP) is 2.47. The van der Waals surface area contributed by atoms with Crippen LogP contribution in [0.4, 0.5) is 0 Å². The molecule has 1 aliphatic heterocycles. The summed E-state index contributed by atoms with van der Waals surface area (Å²) in [6.07, 6.45) is 2.43. The van der Waals surface area contributed by atoms with Gasteiger partial charge in [-0.15, -0.1) is 0 Å². The molecule has 2 fully saturated rings. The van der Waals surface area contributed by atoms with Gasteiger partial charge >= 0.3 is 0 Å². The van der Waals surface area contributed by atoms with Crippen LogP contribution in [0.3, 0.4) is 0 Å². The van der Waals surface area contributed by atoms with Gasteiger partial charge in [-0.25, -0.2) is 0 Å². The van der Waals surface area contributed by atoms with Crippen molar-refractivity contribution in [1.29, 1.82) is 0 Å². The van der Waals surface area contributed by atoms with Crippen LogP contribution in [0.1, 0.15) is 43.2 Å². The van der Waals surface area contributed by atoms with Crippen LogP contribution < -0.4 is 5.32 Å². The smallest absolute Gasteiger partial charge is 0.224 e. The molecule has 4 nitrogen and oxygen atoms in total. The van der Waals surface area contributed by atoms with Crippen LogP contribution in [-0.2, 0) is 9.59 Å². The SMILES string of the molecule is Cc1ccccc1[C@@H]1CCN(C(=O)CCNC(=O)[C@H]2C[C@H]2C)C1. The minimum atomic E-state index is 0.115. The fraction of sp³-hybridized carbons (Fsp3) is 0.579. The van der Waals surface area contributed by atoms with Crippen LogP contribution in [0, 0.1) is 18.8 Å². The minimum Gasteiger partial charge on any atom is -0.355 e. The van der Waals surface area contributed by atoms with Crippen molar-refractivity contribution in [3.63, 3.8) is 0 Å². The molecule has 1 aromatic carbocycles. The first-order chi connectivity index (χ1) is 11.1. The van der Waals surface area contributed by atoms with Gasteiger partial charge in [-0.3, -0.25) is 9.59 Å². The van der Waals surface area contributed by atoms with E-state index in [0.717, 1.165) is 25.9 Å². The van der Waals surface area contributed by atoms with Crippen molar-refractivity contribution in [2.24, 2.45) is 11.8 Å². The predicted molar refractivity (Wildman–Crippen MR) is 90.0 cm³/mol. The standard InChI is InChI=1S/C19H26N2O2/c1-13-5-3-4-6-16(13)15-8-10-21(12-15)18(22)7-9-20-19(23)17-11-14(17)2/h3-6,14-15,17H,7-12H2,1-2H3,(H,20,23)/t14-,15-,17+/m1/s1. The molecule has 3 rings (SSSR count). The van der Waals surface area contributed by atoms with E-state index in [-0.39, 0.29) is 17.7 Å². The molecule has 1 aliphatic carbocycles. The molecule has 1 heterocycles. The summed E-state index contributed by atoms with van der Waals surface area (Å²) in [5.41, 5.74) is 2.66. The van der Waals surface area contributed by atoms with Crippen LogP contribution in [-0.4, -0.2) is 36.3 Å². The molecule has 23 heavy (non-hydrogen) atoms. The molecular weight excluding hydrogens is 288 g/mol. The minimum absolute atomic E-state index is 0.115. The van der Waals surface area contributed by atoms with E-state index < -0.39 is 0 Å². The van der Waals surface area contributed by atoms with E-state index in [9.17, 15) is 9.59 Å². The first-order valence-electron chi connectivity index (χ1n) is 8.67. The molecule has 1 saturated heterocycles. The van der Waals surface area contributed by atoms with E-state index in [2.05, 4.69) is 43.4 Å². The number of benzene rings is 1. The Hall–Kier alpha value is -1.84. The lowest BCUT2D eigenvalue weighted by Gasteiger charge is -2.18. The van der Waals surface area contributed by atoms with Gasteiger partial charge in [0, 0.05) is 37.9 Å². The Morgan fingerprint density at radius 3 is 2.74 bits per heavy atom. The van der Waals surface area contributed by atoms with Crippen molar-refractivity contribution in [3.05, 3.63) is 35.4 Å². The number of likely N-dealkylation sites (tertiary alicyclic amines) is 1. The highest BCUT2D eigenvalue weighted by atomic mass is 16.2. The Bertz CT molecular complexity index is 599. The highest BCUT2D eigenvalue weighted by Crippen LogP contribution is 2.37. The summed E-state index contributed by atoms with van der Waals surface area (Å²) in [4.78, 5) is 26.0. The zero-order chi connectivity index (χ0) is 16.4. The zero-order valence-corrected chi connectivity index (χ0v) is 14.0. The van der Waals surface area contributed by atoms with Gasteiger partial charge < -0.3 is 10.2 Å². The number of amides is 2. The van der Waals surface area contributed by atoms with Gasteiger partial charge in [-0.05, 0) is 36.8 Å². The third-order valence-electron chi connectivity index (χ3n) is 5.25. The van der Waals surface area contributed by atoms with Gasteiger partial charge in [0.15, 0.2) is 0 Å². The molecular formula is C19H26N2O2. The molecule has 0 radical (unpaired) electrons. The number of carbonyl (C=O) groups is 2. The van der Waals surface area contributed by atoms with Crippen LogP contribution in [0.2, 0.25) is 0 Å².